The highest BCUT2D eigenvalue weighted by Gasteiger charge is 2.46. The number of carbonyl (C=O) groups is 7. The molecule has 0 radical (unpaired) electrons. The standard InChI is InChI=1S/C58H66ClFN8O9/c59-45-17-13-38(30-43(45)51-41(54(61)71)16-19-48(53(51)60)77-34-40-8-5-29-76-40)44(36-6-2-1-3-7-36)32-62-39-14-11-35(12-15-39)31-63-50(70)33-65-23-21-37(22-24-65)56(73)67-27-25-66(26-28-67)46-10-4-9-42-52(46)58(75)68(57(42)74)47-18-20-49(69)64-55(47)72/h1-4,6-7,9-10,13,16-17,19,30,35,37,39-40,44,47,62H,5,8,11-12,14-15,18,20-29,31-34H2,(H2,61,71)(H,63,70)(H,64,69,72)/t35?,39?,40?,44-,47?/m0/s1. The van der Waals surface area contributed by atoms with Gasteiger partial charge in [-0.15, -0.1) is 0 Å². The first-order chi connectivity index (χ1) is 37.3. The van der Waals surface area contributed by atoms with Crippen LogP contribution in [0.2, 0.25) is 5.02 Å². The molecule has 6 aliphatic rings. The molecule has 0 aromatic heterocycles. The molecule has 5 heterocycles. The summed E-state index contributed by atoms with van der Waals surface area (Å²) in [7, 11) is 0. The van der Waals surface area contributed by atoms with E-state index in [0.29, 0.717) is 89.0 Å². The van der Waals surface area contributed by atoms with Gasteiger partial charge in [0.25, 0.3) is 11.8 Å². The Bertz CT molecular complexity index is 2900. The normalized spacial score (nSPS) is 22.7. The minimum Gasteiger partial charge on any atom is -0.488 e. The van der Waals surface area contributed by atoms with Crippen LogP contribution in [0, 0.1) is 17.7 Å². The average molecular weight is 1070 g/mol. The van der Waals surface area contributed by atoms with E-state index in [1.807, 2.05) is 40.1 Å². The number of ether oxygens (including phenoxy) is 2. The Morgan fingerprint density at radius 1 is 0.805 bits per heavy atom. The van der Waals surface area contributed by atoms with Crippen LogP contribution in [0.1, 0.15) is 112 Å². The molecule has 5 fully saturated rings. The van der Waals surface area contributed by atoms with Gasteiger partial charge in [0.1, 0.15) is 12.6 Å². The van der Waals surface area contributed by atoms with Gasteiger partial charge < -0.3 is 35.6 Å². The zero-order valence-corrected chi connectivity index (χ0v) is 43.9. The molecule has 17 nitrogen and oxygen atoms in total. The number of primary amides is 1. The lowest BCUT2D eigenvalue weighted by molar-refractivity contribution is -0.138. The van der Waals surface area contributed by atoms with Gasteiger partial charge in [-0.05, 0) is 124 Å². The summed E-state index contributed by atoms with van der Waals surface area (Å²) in [6.45, 7) is 5.44. The van der Waals surface area contributed by atoms with E-state index in [0.717, 1.165) is 54.6 Å². The van der Waals surface area contributed by atoms with Crippen molar-refractivity contribution in [1.82, 2.24) is 30.7 Å². The number of carbonyl (C=O) groups excluding carboxylic acids is 7. The molecule has 4 saturated heterocycles. The fourth-order valence-corrected chi connectivity index (χ4v) is 12.3. The molecule has 5 N–H and O–H groups in total. The predicted octanol–water partition coefficient (Wildman–Crippen LogP) is 5.66. The molecule has 406 valence electrons. The van der Waals surface area contributed by atoms with Crippen LogP contribution in [0.4, 0.5) is 10.1 Å². The van der Waals surface area contributed by atoms with E-state index in [2.05, 4.69) is 33.0 Å². The van der Waals surface area contributed by atoms with Crippen LogP contribution in [0.15, 0.2) is 78.9 Å². The van der Waals surface area contributed by atoms with Crippen LogP contribution >= 0.6 is 11.6 Å². The van der Waals surface area contributed by atoms with Crippen molar-refractivity contribution in [2.24, 2.45) is 17.6 Å². The monoisotopic (exact) mass is 1070 g/mol. The van der Waals surface area contributed by atoms with Crippen LogP contribution in [0.25, 0.3) is 11.1 Å². The van der Waals surface area contributed by atoms with Crippen molar-refractivity contribution in [3.8, 4) is 16.9 Å². The maximum atomic E-state index is 16.4. The molecule has 1 aliphatic carbocycles. The number of nitrogens with zero attached hydrogens (tertiary/aromatic N) is 4. The third-order valence-corrected chi connectivity index (χ3v) is 16.7. The molecule has 4 aromatic carbocycles. The summed E-state index contributed by atoms with van der Waals surface area (Å²) in [5.41, 5.74) is 9.18. The van der Waals surface area contributed by atoms with Gasteiger partial charge in [0.2, 0.25) is 29.5 Å². The van der Waals surface area contributed by atoms with Crippen molar-refractivity contribution in [3.05, 3.63) is 118 Å². The Balaban J connectivity index is 0.668. The first-order valence-corrected chi connectivity index (χ1v) is 27.5. The number of nitrogens with one attached hydrogen (secondary N) is 3. The SMILES string of the molecule is NC(=O)c1ccc(OCC2CCCO2)c(F)c1-c1cc([C@@H](CNC2CCC(CNC(=O)CN3CCC(C(=O)N4CCN(c5cccc6c5C(=O)N(C5CCC(=O)NC5=O)C6=O)CC4)CC3)CC2)c2ccccc2)ccc1Cl. The molecule has 4 aromatic rings. The molecule has 2 unspecified atom stereocenters. The molecule has 5 aliphatic heterocycles. The van der Waals surface area contributed by atoms with Gasteiger partial charge in [0, 0.05) is 86.3 Å². The first-order valence-electron chi connectivity index (χ1n) is 27.1. The van der Waals surface area contributed by atoms with Gasteiger partial charge in [-0.3, -0.25) is 48.7 Å². The summed E-state index contributed by atoms with van der Waals surface area (Å²) in [5.74, 6) is -3.53. The summed E-state index contributed by atoms with van der Waals surface area (Å²) >= 11 is 6.80. The Morgan fingerprint density at radius 2 is 1.57 bits per heavy atom. The van der Waals surface area contributed by atoms with Crippen molar-refractivity contribution < 1.29 is 47.4 Å². The lowest BCUT2D eigenvalue weighted by Gasteiger charge is -2.39. The molecule has 10 rings (SSSR count). The number of amides is 7. The molecule has 1 saturated carbocycles. The highest BCUT2D eigenvalue weighted by Crippen LogP contribution is 2.40. The van der Waals surface area contributed by atoms with Gasteiger partial charge in [-0.2, -0.15) is 0 Å². The van der Waals surface area contributed by atoms with E-state index in [9.17, 15) is 33.6 Å². The number of halogens is 2. The third-order valence-electron chi connectivity index (χ3n) is 16.4. The van der Waals surface area contributed by atoms with E-state index >= 15 is 4.39 Å². The van der Waals surface area contributed by atoms with Crippen molar-refractivity contribution >= 4 is 58.6 Å². The van der Waals surface area contributed by atoms with Gasteiger partial charge in [0.15, 0.2) is 11.6 Å². The van der Waals surface area contributed by atoms with E-state index in [-0.39, 0.29) is 94.8 Å². The van der Waals surface area contributed by atoms with E-state index in [1.54, 1.807) is 24.3 Å². The smallest absolute Gasteiger partial charge is 0.264 e. The van der Waals surface area contributed by atoms with Crippen LogP contribution in [-0.2, 0) is 23.9 Å². The maximum absolute atomic E-state index is 16.4. The minimum absolute atomic E-state index is 0.000165. The quantitative estimate of drug-likeness (QED) is 0.0944. The number of piperazine rings is 1. The molecular formula is C58H66ClFN8O9. The second-order valence-corrected chi connectivity index (χ2v) is 21.7. The number of fused-ring (bicyclic) bond motifs is 1. The fourth-order valence-electron chi connectivity index (χ4n) is 12.1. The Kier molecular flexibility index (Phi) is 16.6. The largest absolute Gasteiger partial charge is 0.488 e. The second-order valence-electron chi connectivity index (χ2n) is 21.3. The Hall–Kier alpha value is -6.73. The number of hydrogen-bond acceptors (Lipinski definition) is 12. The zero-order valence-electron chi connectivity index (χ0n) is 43.1. The Labute approximate surface area is 452 Å². The third kappa shape index (κ3) is 11.9. The lowest BCUT2D eigenvalue weighted by Crippen LogP contribution is -2.54. The van der Waals surface area contributed by atoms with E-state index in [1.165, 1.54) is 12.1 Å². The predicted molar refractivity (Wildman–Crippen MR) is 286 cm³/mol. The number of piperidine rings is 2. The number of anilines is 1. The van der Waals surface area contributed by atoms with Gasteiger partial charge in [0.05, 0.1) is 35.0 Å². The number of rotatable bonds is 17. The van der Waals surface area contributed by atoms with Crippen LogP contribution in [-0.4, -0.2) is 146 Å². The molecule has 0 spiro atoms. The van der Waals surface area contributed by atoms with Crippen LogP contribution in [0.5, 0.6) is 5.75 Å². The summed E-state index contributed by atoms with van der Waals surface area (Å²) in [4.78, 5) is 98.1. The number of nitrogens with two attached hydrogens (primary N) is 1. The summed E-state index contributed by atoms with van der Waals surface area (Å²) in [6.07, 6.45) is 6.84. The fraction of sp³-hybridized carbons (Fsp3) is 0.466. The maximum Gasteiger partial charge on any atom is 0.264 e. The minimum atomic E-state index is -1.05. The van der Waals surface area contributed by atoms with Gasteiger partial charge in [-0.1, -0.05) is 54.1 Å². The van der Waals surface area contributed by atoms with Crippen molar-refractivity contribution in [3.63, 3.8) is 0 Å². The van der Waals surface area contributed by atoms with E-state index in [4.69, 9.17) is 26.8 Å². The molecule has 77 heavy (non-hydrogen) atoms. The van der Waals surface area contributed by atoms with Crippen molar-refractivity contribution in [2.45, 2.75) is 88.3 Å². The summed E-state index contributed by atoms with van der Waals surface area (Å²) < 4.78 is 28.0. The number of imide groups is 2. The summed E-state index contributed by atoms with van der Waals surface area (Å²) in [6, 6.07) is 22.8. The molecular weight excluding hydrogens is 1010 g/mol. The molecule has 0 bridgehead atoms. The lowest BCUT2D eigenvalue weighted by atomic mass is 9.84. The first kappa shape index (κ1) is 53.7. The van der Waals surface area contributed by atoms with Crippen LogP contribution < -0.4 is 31.3 Å². The van der Waals surface area contributed by atoms with Crippen LogP contribution in [0.3, 0.4) is 0 Å². The second kappa shape index (κ2) is 23.9. The Morgan fingerprint density at radius 3 is 2.29 bits per heavy atom. The average Bonchev–Trinajstić information content (AvgIpc) is 4.06. The number of likely N-dealkylation sites (tertiary alicyclic amines) is 1. The van der Waals surface area contributed by atoms with Gasteiger partial charge in [-0.25, -0.2) is 4.39 Å². The topological polar surface area (TPSA) is 213 Å². The van der Waals surface area contributed by atoms with Crippen molar-refractivity contribution in [2.75, 3.05) is 77.0 Å². The van der Waals surface area contributed by atoms with E-state index < -0.39 is 41.4 Å². The summed E-state index contributed by atoms with van der Waals surface area (Å²) in [5, 5.41) is 9.51. The highest BCUT2D eigenvalue weighted by molar-refractivity contribution is 6.33. The number of hydrogen-bond donors (Lipinski definition) is 4. The van der Waals surface area contributed by atoms with Gasteiger partial charge >= 0.3 is 0 Å². The van der Waals surface area contributed by atoms with Crippen molar-refractivity contribution in [1.29, 1.82) is 0 Å². The molecule has 19 heteroatoms. The zero-order chi connectivity index (χ0) is 53.7. The molecule has 3 atom stereocenters. The highest BCUT2D eigenvalue weighted by atomic mass is 35.5. The number of benzene rings is 4. The molecule has 7 amide bonds.